The first kappa shape index (κ1) is 124. The van der Waals surface area contributed by atoms with Gasteiger partial charge in [0.05, 0.1) is 45.6 Å². The Balaban J connectivity index is -0.000000187. The molecule has 0 aromatic heterocycles. The minimum absolute atomic E-state index is 0.000687. The third kappa shape index (κ3) is 71.6. The van der Waals surface area contributed by atoms with E-state index in [1.807, 2.05) is 143 Å². The lowest BCUT2D eigenvalue weighted by Crippen LogP contribution is -2.45. The first-order valence-electron chi connectivity index (χ1n) is 41.7. The van der Waals surface area contributed by atoms with Crippen molar-refractivity contribution >= 4 is 105 Å². The zero-order chi connectivity index (χ0) is 88.8. The van der Waals surface area contributed by atoms with E-state index in [1.165, 1.54) is 33.1 Å². The van der Waals surface area contributed by atoms with Crippen molar-refractivity contribution in [3.05, 3.63) is 0 Å². The third-order valence-electron chi connectivity index (χ3n) is 17.9. The van der Waals surface area contributed by atoms with E-state index in [9.17, 15) is 57.5 Å². The van der Waals surface area contributed by atoms with Crippen molar-refractivity contribution in [3.8, 4) is 0 Å². The molecule has 0 saturated carbocycles. The lowest BCUT2D eigenvalue weighted by Gasteiger charge is -2.19. The lowest BCUT2D eigenvalue weighted by atomic mass is 9.85. The van der Waals surface area contributed by atoms with Crippen LogP contribution in [-0.2, 0) is 76.4 Å². The first-order chi connectivity index (χ1) is 52.3. The van der Waals surface area contributed by atoms with Gasteiger partial charge in [0, 0.05) is 148 Å². The summed E-state index contributed by atoms with van der Waals surface area (Å²) in [6.07, 6.45) is 22.6. The van der Waals surface area contributed by atoms with Gasteiger partial charge in [0.25, 0.3) is 0 Å². The molecule has 0 aliphatic carbocycles. The number of ketones is 10. The van der Waals surface area contributed by atoms with Crippen LogP contribution in [0.3, 0.4) is 0 Å². The molecule has 6 N–H and O–H groups in total. The summed E-state index contributed by atoms with van der Waals surface area (Å²) in [6, 6.07) is -1.78. The van der Waals surface area contributed by atoms with Gasteiger partial charge in [-0.1, -0.05) is 243 Å². The van der Waals surface area contributed by atoms with Crippen molar-refractivity contribution in [1.29, 1.82) is 0 Å². The van der Waals surface area contributed by atoms with Crippen LogP contribution in [0.25, 0.3) is 0 Å². The van der Waals surface area contributed by atoms with Gasteiger partial charge in [0.1, 0.15) is 58.3 Å². The number of alkyl carbamates (subject to hydrolysis) is 1. The topological polar surface area (TPSA) is 327 Å². The van der Waals surface area contributed by atoms with E-state index in [4.69, 9.17) is 30.4 Å². The first-order valence-corrected chi connectivity index (χ1v) is 45.9. The number of nitrogens with one attached hydrogen (secondary N) is 2. The molecular weight excluding hydrogens is 1480 g/mol. The molecule has 2 amide bonds. The van der Waals surface area contributed by atoms with E-state index < -0.39 is 18.2 Å². The second kappa shape index (κ2) is 81.0. The van der Waals surface area contributed by atoms with Crippen molar-refractivity contribution in [2.45, 2.75) is 312 Å². The monoisotopic (exact) mass is 1650 g/mol. The minimum atomic E-state index is -0.561. The van der Waals surface area contributed by atoms with Crippen LogP contribution in [-0.4, -0.2) is 192 Å². The lowest BCUT2D eigenvalue weighted by molar-refractivity contribution is -0.131. The molecule has 0 aliphatic heterocycles. The van der Waals surface area contributed by atoms with Crippen molar-refractivity contribution < 1.29 is 81.2 Å². The number of amides is 2. The SMILES string of the molecule is CCCCCC(N)C(=O)CC(CCCCC)C(=O)C(C)C.CCCCCC(N)C(=O)CC(CCCCC)C(=O)C(C)C.COC(=O)NC(CSC)C(=O)C(C)C.COCC(C)C(=O)C(C)C.COCC(C)C(=O)C(C)C.COCCC(=O)NC(COC)C(=O)C(C)C.CSCC(C)C(=O)C(C)C.CSCC(C)C(=O)C(C)C. The van der Waals surface area contributed by atoms with Gasteiger partial charge in [-0.3, -0.25) is 52.7 Å². The molecule has 24 heteroatoms. The van der Waals surface area contributed by atoms with Gasteiger partial charge >= 0.3 is 6.09 Å². The maximum Gasteiger partial charge on any atom is 0.407 e. The number of Topliss-reactive ketones (excluding diaryl/α,β-unsaturated/α-hetero) is 10. The number of ether oxygens (including phenoxy) is 5. The van der Waals surface area contributed by atoms with E-state index >= 15 is 0 Å². The Bertz CT molecular complexity index is 2250. The number of rotatable bonds is 55. The van der Waals surface area contributed by atoms with E-state index in [0.29, 0.717) is 50.0 Å². The smallest absolute Gasteiger partial charge is 0.407 e. The number of carbonyl (C=O) groups is 12. The van der Waals surface area contributed by atoms with Crippen LogP contribution < -0.4 is 22.1 Å². The van der Waals surface area contributed by atoms with Crippen LogP contribution in [0.4, 0.5) is 4.79 Å². The highest BCUT2D eigenvalue weighted by molar-refractivity contribution is 7.99. The largest absolute Gasteiger partial charge is 0.453 e. The second-order valence-corrected chi connectivity index (χ2v) is 34.5. The molecule has 0 radical (unpaired) electrons. The highest BCUT2D eigenvalue weighted by Crippen LogP contribution is 2.23. The zero-order valence-corrected chi connectivity index (χ0v) is 79.5. The maximum absolute atomic E-state index is 12.3. The summed E-state index contributed by atoms with van der Waals surface area (Å²) in [4.78, 5) is 139. The summed E-state index contributed by atoms with van der Waals surface area (Å²) < 4.78 is 23.9. The van der Waals surface area contributed by atoms with Gasteiger partial charge in [-0.2, -0.15) is 35.3 Å². The quantitative estimate of drug-likeness (QED) is 0.0411. The van der Waals surface area contributed by atoms with E-state index in [1.54, 1.807) is 51.6 Å². The Morgan fingerprint density at radius 1 is 0.321 bits per heavy atom. The third-order valence-corrected chi connectivity index (χ3v) is 20.3. The molecule has 0 aromatic rings. The number of nitrogens with two attached hydrogens (primary N) is 2. The van der Waals surface area contributed by atoms with E-state index in [-0.39, 0.29) is 160 Å². The van der Waals surface area contributed by atoms with Crippen molar-refractivity contribution in [2.24, 2.45) is 94.3 Å². The van der Waals surface area contributed by atoms with Gasteiger partial charge in [0.15, 0.2) is 11.6 Å². The van der Waals surface area contributed by atoms with Crippen LogP contribution in [0.15, 0.2) is 0 Å². The normalized spacial score (nSPS) is 13.6. The van der Waals surface area contributed by atoms with Crippen LogP contribution in [0, 0.1) is 82.9 Å². The predicted octanol–water partition coefficient (Wildman–Crippen LogP) is 17.6. The number of hydrogen-bond acceptors (Lipinski definition) is 22. The Kier molecular flexibility index (Phi) is 89.6. The van der Waals surface area contributed by atoms with Gasteiger partial charge in [0.2, 0.25) is 5.91 Å². The van der Waals surface area contributed by atoms with E-state index in [2.05, 4.69) is 43.1 Å². The Morgan fingerprint density at radius 2 is 0.598 bits per heavy atom. The summed E-state index contributed by atoms with van der Waals surface area (Å²) in [5, 5.41) is 5.16. The van der Waals surface area contributed by atoms with Crippen molar-refractivity contribution in [3.63, 3.8) is 0 Å². The summed E-state index contributed by atoms with van der Waals surface area (Å²) in [5.74, 6) is 4.97. The molecule has 664 valence electrons. The molecule has 10 atom stereocenters. The average molecular weight is 1650 g/mol. The fourth-order valence-electron chi connectivity index (χ4n) is 11.0. The molecule has 0 fully saturated rings. The molecule has 0 heterocycles. The molecular formula is C88H172N4O17S3. The van der Waals surface area contributed by atoms with Gasteiger partial charge in [-0.05, 0) is 44.5 Å². The molecule has 0 bridgehead atoms. The molecule has 112 heavy (non-hydrogen) atoms. The zero-order valence-electron chi connectivity index (χ0n) is 77.1. The highest BCUT2D eigenvalue weighted by atomic mass is 32.2. The maximum atomic E-state index is 12.3. The Labute approximate surface area is 697 Å². The molecule has 0 aliphatic rings. The molecule has 10 unspecified atom stereocenters. The number of unbranched alkanes of at least 4 members (excludes halogenated alkanes) is 8. The molecule has 0 aromatic carbocycles. The summed E-state index contributed by atoms with van der Waals surface area (Å²) >= 11 is 4.99. The highest BCUT2D eigenvalue weighted by Gasteiger charge is 2.29. The van der Waals surface area contributed by atoms with Crippen molar-refractivity contribution in [1.82, 2.24) is 10.6 Å². The number of thioether (sulfide) groups is 3. The standard InChI is InChI=1S/2C18H35NO2.C11H21NO4.C9H17NO3S.2C8H16O2.2C8H16OS/c2*1-5-7-9-11-15(18(21)14(3)4)13-17(20)16(19)12-10-8-6-2;1-8(2)11(14)9(7-16-4)12-10(13)5-6-15-3;1-6(2)8(11)7(5-14-4)10-9(12)13-3;4*1-6(2)8(9)7(3)5-10-4/h2*14-16H,5-13,19H2,1-4H3;8-9H,5-7H2,1-4H3,(H,12,13);6-7H,5H2,1-4H3,(H,10,12);4*6-7H,5H2,1-4H3. The van der Waals surface area contributed by atoms with Crippen LogP contribution >= 0.6 is 35.3 Å². The molecule has 0 spiro atoms. The van der Waals surface area contributed by atoms with E-state index in [0.717, 1.165) is 114 Å². The fourth-order valence-corrected chi connectivity index (χ4v) is 13.0. The Hall–Kier alpha value is -3.75. The molecule has 0 saturated heterocycles. The number of carbonyl (C=O) groups excluding carboxylic acids is 12. The summed E-state index contributed by atoms with van der Waals surface area (Å²) in [5.41, 5.74) is 12.0. The van der Waals surface area contributed by atoms with Crippen LogP contribution in [0.5, 0.6) is 0 Å². The second-order valence-electron chi connectivity index (χ2n) is 31.8. The van der Waals surface area contributed by atoms with Gasteiger partial charge < -0.3 is 45.8 Å². The molecule has 0 rings (SSSR count). The van der Waals surface area contributed by atoms with Crippen LogP contribution in [0.1, 0.15) is 288 Å². The van der Waals surface area contributed by atoms with Gasteiger partial charge in [-0.15, -0.1) is 0 Å². The van der Waals surface area contributed by atoms with Gasteiger partial charge in [-0.25, -0.2) is 4.79 Å². The summed E-state index contributed by atoms with van der Waals surface area (Å²) in [6.45, 7) is 48.4. The fraction of sp³-hybridized carbons (Fsp3) is 0.864. The summed E-state index contributed by atoms with van der Waals surface area (Å²) in [7, 11) is 7.54. The van der Waals surface area contributed by atoms with Crippen LogP contribution in [0.2, 0.25) is 0 Å². The average Bonchev–Trinajstić information content (AvgIpc) is 0.901. The molecule has 21 nitrogen and oxygen atoms in total. The number of methoxy groups -OCH3 is 5. The minimum Gasteiger partial charge on any atom is -0.453 e. The predicted molar refractivity (Wildman–Crippen MR) is 473 cm³/mol. The Morgan fingerprint density at radius 3 is 0.848 bits per heavy atom. The number of hydrogen-bond donors (Lipinski definition) is 4. The van der Waals surface area contributed by atoms with Crippen molar-refractivity contribution in [2.75, 3.05) is 98.0 Å².